The molecule has 0 bridgehead atoms. The summed E-state index contributed by atoms with van der Waals surface area (Å²) in [7, 11) is 0. The van der Waals surface area contributed by atoms with Crippen molar-refractivity contribution in [3.05, 3.63) is 137 Å². The highest BCUT2D eigenvalue weighted by molar-refractivity contribution is 6.11. The molecule has 1 atom stereocenters. The Hall–Kier alpha value is -5.05. The number of nitrogens with zero attached hydrogens (tertiary/aromatic N) is 3. The van der Waals surface area contributed by atoms with Crippen molar-refractivity contribution < 1.29 is 19.8 Å². The van der Waals surface area contributed by atoms with Crippen LogP contribution in [-0.4, -0.2) is 44.1 Å². The molecule has 224 valence electrons. The van der Waals surface area contributed by atoms with Crippen molar-refractivity contribution in [2.45, 2.75) is 25.9 Å². The second-order valence-corrected chi connectivity index (χ2v) is 10.7. The molecule has 2 amide bonds. The molecule has 0 fully saturated rings. The van der Waals surface area contributed by atoms with E-state index in [4.69, 9.17) is 5.73 Å². The van der Waals surface area contributed by atoms with E-state index in [0.717, 1.165) is 5.56 Å². The molecule has 0 saturated carbocycles. The molecule has 4 N–H and O–H groups in total. The van der Waals surface area contributed by atoms with Crippen LogP contribution in [0.25, 0.3) is 5.69 Å². The van der Waals surface area contributed by atoms with E-state index in [9.17, 15) is 19.8 Å². The van der Waals surface area contributed by atoms with E-state index < -0.39 is 0 Å². The molecular weight excluding hydrogens is 576 g/mol. The highest BCUT2D eigenvalue weighted by Crippen LogP contribution is 2.32. The van der Waals surface area contributed by atoms with Crippen LogP contribution in [0.3, 0.4) is 0 Å². The number of anilines is 2. The van der Waals surface area contributed by atoms with E-state index in [1.54, 1.807) is 50.9 Å². The van der Waals surface area contributed by atoms with Gasteiger partial charge in [-0.15, -0.1) is 12.4 Å². The maximum absolute atomic E-state index is 14.1. The maximum atomic E-state index is 14.1. The van der Waals surface area contributed by atoms with E-state index in [-0.39, 0.29) is 41.8 Å². The summed E-state index contributed by atoms with van der Waals surface area (Å²) in [5.74, 6) is -0.387. The molecule has 0 spiro atoms. The zero-order chi connectivity index (χ0) is 30.1. The van der Waals surface area contributed by atoms with Crippen molar-refractivity contribution in [3.8, 4) is 17.2 Å². The van der Waals surface area contributed by atoms with Gasteiger partial charge in [-0.2, -0.15) is 0 Å². The third-order valence-electron chi connectivity index (χ3n) is 7.94. The lowest BCUT2D eigenvalue weighted by molar-refractivity contribution is 0.0647. The van der Waals surface area contributed by atoms with Gasteiger partial charge in [0, 0.05) is 48.5 Å². The summed E-state index contributed by atoms with van der Waals surface area (Å²) in [5, 5.41) is 20.3. The molecule has 0 saturated heterocycles. The van der Waals surface area contributed by atoms with Crippen LogP contribution in [-0.2, 0) is 13.0 Å². The Labute approximate surface area is 262 Å². The molecule has 0 unspecified atom stereocenters. The van der Waals surface area contributed by atoms with Gasteiger partial charge in [0.2, 0.25) is 0 Å². The van der Waals surface area contributed by atoms with Gasteiger partial charge in [-0.25, -0.2) is 0 Å². The molecule has 0 aliphatic carbocycles. The number of fused-ring (bicyclic) bond motifs is 1. The zero-order valence-corrected chi connectivity index (χ0v) is 24.9. The second kappa shape index (κ2) is 12.7. The Kier molecular flexibility index (Phi) is 8.76. The van der Waals surface area contributed by atoms with Gasteiger partial charge in [0.25, 0.3) is 11.8 Å². The number of aromatic hydroxyl groups is 2. The molecule has 0 radical (unpaired) electrons. The fourth-order valence-electron chi connectivity index (χ4n) is 5.73. The van der Waals surface area contributed by atoms with Crippen molar-refractivity contribution in [1.29, 1.82) is 0 Å². The van der Waals surface area contributed by atoms with Gasteiger partial charge in [-0.3, -0.25) is 14.5 Å². The van der Waals surface area contributed by atoms with E-state index >= 15 is 0 Å². The number of hydrogen-bond donors (Lipinski definition) is 3. The quantitative estimate of drug-likeness (QED) is 0.215. The van der Waals surface area contributed by atoms with E-state index in [1.807, 2.05) is 55.5 Å². The number of amides is 2. The van der Waals surface area contributed by atoms with Gasteiger partial charge in [-0.1, -0.05) is 42.5 Å². The predicted octanol–water partition coefficient (Wildman–Crippen LogP) is 6.12. The summed E-state index contributed by atoms with van der Waals surface area (Å²) in [4.78, 5) is 31.6. The molecule has 6 rings (SSSR count). The van der Waals surface area contributed by atoms with Gasteiger partial charge < -0.3 is 25.4 Å². The number of phenols is 2. The lowest BCUT2D eigenvalue weighted by atomic mass is 9.93. The number of halogens is 1. The SMILES string of the molecule is Cc1cc(C(=O)N(c2ccccc2)c2ccc(O)cc2)cn1-c1cc(O)ccc1C(=O)N1Cc2ccccc2C[C@H]1CN.Cl. The van der Waals surface area contributed by atoms with E-state index in [1.165, 1.54) is 23.8 Å². The number of benzene rings is 4. The van der Waals surface area contributed by atoms with Crippen LogP contribution in [0.1, 0.15) is 37.5 Å². The maximum Gasteiger partial charge on any atom is 0.264 e. The summed E-state index contributed by atoms with van der Waals surface area (Å²) < 4.78 is 1.76. The van der Waals surface area contributed by atoms with Gasteiger partial charge >= 0.3 is 0 Å². The summed E-state index contributed by atoms with van der Waals surface area (Å²) in [6, 6.07) is 30.0. The van der Waals surface area contributed by atoms with Crippen molar-refractivity contribution in [2.24, 2.45) is 5.73 Å². The largest absolute Gasteiger partial charge is 0.508 e. The number of carbonyl (C=O) groups excluding carboxylic acids is 2. The molecule has 4 aromatic carbocycles. The molecule has 1 aliphatic rings. The van der Waals surface area contributed by atoms with Gasteiger partial charge in [-0.05, 0) is 79.1 Å². The summed E-state index contributed by atoms with van der Waals surface area (Å²) in [6.45, 7) is 2.61. The minimum Gasteiger partial charge on any atom is -0.508 e. The monoisotopic (exact) mass is 608 g/mol. The molecule has 9 heteroatoms. The Morgan fingerprint density at radius 3 is 2.18 bits per heavy atom. The first-order chi connectivity index (χ1) is 20.8. The first-order valence-corrected chi connectivity index (χ1v) is 14.1. The number of aryl methyl sites for hydroxylation is 1. The van der Waals surface area contributed by atoms with Crippen LogP contribution in [0.4, 0.5) is 11.4 Å². The fourth-order valence-corrected chi connectivity index (χ4v) is 5.73. The minimum absolute atomic E-state index is 0. The average molecular weight is 609 g/mol. The van der Waals surface area contributed by atoms with Gasteiger partial charge in [0.15, 0.2) is 0 Å². The minimum atomic E-state index is -0.289. The van der Waals surface area contributed by atoms with Gasteiger partial charge in [0.1, 0.15) is 11.5 Å². The van der Waals surface area contributed by atoms with Crippen LogP contribution < -0.4 is 10.6 Å². The van der Waals surface area contributed by atoms with Crippen molar-refractivity contribution >= 4 is 35.6 Å². The van der Waals surface area contributed by atoms with Crippen LogP contribution in [0.15, 0.2) is 109 Å². The molecule has 1 aromatic heterocycles. The smallest absolute Gasteiger partial charge is 0.264 e. The topological polar surface area (TPSA) is 112 Å². The number of phenolic OH excluding ortho intramolecular Hbond substituents is 2. The van der Waals surface area contributed by atoms with Crippen molar-refractivity contribution in [1.82, 2.24) is 9.47 Å². The molecule has 1 aliphatic heterocycles. The third-order valence-corrected chi connectivity index (χ3v) is 7.94. The lowest BCUT2D eigenvalue weighted by Gasteiger charge is -2.37. The Morgan fingerprint density at radius 1 is 0.841 bits per heavy atom. The van der Waals surface area contributed by atoms with Crippen LogP contribution in [0, 0.1) is 6.92 Å². The number of aromatic nitrogens is 1. The van der Waals surface area contributed by atoms with Crippen molar-refractivity contribution in [3.63, 3.8) is 0 Å². The first kappa shape index (κ1) is 30.4. The fraction of sp³-hybridized carbons (Fsp3) is 0.143. The normalized spacial score (nSPS) is 14.0. The van der Waals surface area contributed by atoms with E-state index in [0.29, 0.717) is 53.4 Å². The Bertz CT molecular complexity index is 1800. The second-order valence-electron chi connectivity index (χ2n) is 10.7. The Morgan fingerprint density at radius 2 is 1.48 bits per heavy atom. The van der Waals surface area contributed by atoms with Crippen LogP contribution in [0.2, 0.25) is 0 Å². The van der Waals surface area contributed by atoms with Crippen molar-refractivity contribution in [2.75, 3.05) is 11.4 Å². The molecule has 44 heavy (non-hydrogen) atoms. The highest BCUT2D eigenvalue weighted by Gasteiger charge is 2.31. The zero-order valence-electron chi connectivity index (χ0n) is 24.1. The number of hydrogen-bond acceptors (Lipinski definition) is 5. The molecular formula is C35H33ClN4O4. The summed E-state index contributed by atoms with van der Waals surface area (Å²) in [6.07, 6.45) is 2.35. The predicted molar refractivity (Wildman–Crippen MR) is 173 cm³/mol. The molecule has 2 heterocycles. The number of para-hydroxylation sites is 1. The standard InChI is InChI=1S/C35H32N4O4.ClH/c1-23-17-26(34(42)39(27-9-3-2-4-10-27)28-11-13-30(40)14-12-28)22-37(23)33-19-31(41)15-16-32(33)35(43)38-21-25-8-6-5-7-24(25)18-29(38)20-36;/h2-17,19,22,29,40-41H,18,20-21,36H2,1H3;1H/t29-;/m0./s1. The number of rotatable bonds is 6. The van der Waals surface area contributed by atoms with E-state index in [2.05, 4.69) is 6.07 Å². The van der Waals surface area contributed by atoms with Crippen LogP contribution in [0.5, 0.6) is 11.5 Å². The summed E-state index contributed by atoms with van der Waals surface area (Å²) >= 11 is 0. The highest BCUT2D eigenvalue weighted by atomic mass is 35.5. The Balaban J connectivity index is 0.00000384. The average Bonchev–Trinajstić information content (AvgIpc) is 3.43. The van der Waals surface area contributed by atoms with Gasteiger partial charge in [0.05, 0.1) is 16.8 Å². The molecule has 5 aromatic rings. The number of carbonyl (C=O) groups is 2. The molecule has 8 nitrogen and oxygen atoms in total. The first-order valence-electron chi connectivity index (χ1n) is 14.1. The lowest BCUT2D eigenvalue weighted by Crippen LogP contribution is -2.48. The third kappa shape index (κ3) is 5.77. The number of nitrogens with two attached hydrogens (primary N) is 1. The van der Waals surface area contributed by atoms with Crippen LogP contribution >= 0.6 is 12.4 Å². The summed E-state index contributed by atoms with van der Waals surface area (Å²) in [5.41, 5.74) is 11.6.